The van der Waals surface area contributed by atoms with E-state index in [1.54, 1.807) is 6.07 Å². The standard InChI is InChI=1S/C18H29FN2/c1-4-11-20-14(3)18-16(19)7-6-8-17(18)21-12-9-15(5-2)10-13-21/h6-8,14-15,20H,4-5,9-13H2,1-3H3. The fourth-order valence-corrected chi connectivity index (χ4v) is 3.28. The molecule has 118 valence electrons. The number of nitrogens with zero attached hydrogens (tertiary/aromatic N) is 1. The third-order valence-electron chi connectivity index (χ3n) is 4.70. The molecule has 1 aliphatic heterocycles. The zero-order valence-corrected chi connectivity index (χ0v) is 13.7. The lowest BCUT2D eigenvalue weighted by Gasteiger charge is -2.35. The molecule has 1 aromatic rings. The molecule has 1 heterocycles. The molecule has 0 aromatic heterocycles. The summed E-state index contributed by atoms with van der Waals surface area (Å²) in [6.07, 6.45) is 4.78. The molecule has 2 rings (SSSR count). The zero-order valence-electron chi connectivity index (χ0n) is 13.7. The van der Waals surface area contributed by atoms with Crippen molar-refractivity contribution in [2.75, 3.05) is 24.5 Å². The van der Waals surface area contributed by atoms with Gasteiger partial charge in [0.2, 0.25) is 0 Å². The van der Waals surface area contributed by atoms with E-state index < -0.39 is 0 Å². The first kappa shape index (κ1) is 16.3. The van der Waals surface area contributed by atoms with Crippen molar-refractivity contribution in [2.24, 2.45) is 5.92 Å². The molecule has 1 atom stereocenters. The molecular weight excluding hydrogens is 263 g/mol. The molecular formula is C18H29FN2. The Hall–Kier alpha value is -1.09. The molecule has 1 aliphatic rings. The fraction of sp³-hybridized carbons (Fsp3) is 0.667. The third-order valence-corrected chi connectivity index (χ3v) is 4.70. The molecule has 1 fully saturated rings. The highest BCUT2D eigenvalue weighted by molar-refractivity contribution is 5.55. The molecule has 0 saturated carbocycles. The van der Waals surface area contributed by atoms with Gasteiger partial charge in [-0.3, -0.25) is 0 Å². The van der Waals surface area contributed by atoms with E-state index >= 15 is 0 Å². The summed E-state index contributed by atoms with van der Waals surface area (Å²) in [7, 11) is 0. The van der Waals surface area contributed by atoms with E-state index in [-0.39, 0.29) is 11.9 Å². The largest absolute Gasteiger partial charge is 0.371 e. The van der Waals surface area contributed by atoms with Crippen LogP contribution in [0, 0.1) is 11.7 Å². The van der Waals surface area contributed by atoms with E-state index in [2.05, 4.69) is 37.1 Å². The number of benzene rings is 1. The second kappa shape index (κ2) is 7.79. The summed E-state index contributed by atoms with van der Waals surface area (Å²) in [5.74, 6) is 0.759. The molecule has 0 bridgehead atoms. The van der Waals surface area contributed by atoms with Crippen molar-refractivity contribution in [3.8, 4) is 0 Å². The van der Waals surface area contributed by atoms with Crippen molar-refractivity contribution in [2.45, 2.75) is 52.5 Å². The van der Waals surface area contributed by atoms with Crippen molar-refractivity contribution < 1.29 is 4.39 Å². The van der Waals surface area contributed by atoms with Gasteiger partial charge >= 0.3 is 0 Å². The quantitative estimate of drug-likeness (QED) is 0.829. The molecule has 21 heavy (non-hydrogen) atoms. The van der Waals surface area contributed by atoms with E-state index in [1.807, 2.05) is 6.07 Å². The van der Waals surface area contributed by atoms with Gasteiger partial charge in [0.05, 0.1) is 0 Å². The lowest BCUT2D eigenvalue weighted by atomic mass is 9.93. The number of piperidine rings is 1. The van der Waals surface area contributed by atoms with Crippen LogP contribution in [0.1, 0.15) is 58.1 Å². The predicted octanol–water partition coefficient (Wildman–Crippen LogP) is 4.51. The molecule has 1 aromatic carbocycles. The number of anilines is 1. The van der Waals surface area contributed by atoms with Crippen molar-refractivity contribution in [1.82, 2.24) is 5.32 Å². The zero-order chi connectivity index (χ0) is 15.2. The minimum absolute atomic E-state index is 0.0602. The van der Waals surface area contributed by atoms with Crippen molar-refractivity contribution in [3.05, 3.63) is 29.6 Å². The second-order valence-corrected chi connectivity index (χ2v) is 6.19. The third kappa shape index (κ3) is 3.97. The van der Waals surface area contributed by atoms with Crippen LogP contribution in [0.5, 0.6) is 0 Å². The lowest BCUT2D eigenvalue weighted by Crippen LogP contribution is -2.35. The van der Waals surface area contributed by atoms with Crippen LogP contribution in [0.25, 0.3) is 0 Å². The lowest BCUT2D eigenvalue weighted by molar-refractivity contribution is 0.393. The van der Waals surface area contributed by atoms with Crippen molar-refractivity contribution in [3.63, 3.8) is 0 Å². The molecule has 1 saturated heterocycles. The highest BCUT2D eigenvalue weighted by Gasteiger charge is 2.23. The van der Waals surface area contributed by atoms with Crippen molar-refractivity contribution >= 4 is 5.69 Å². The molecule has 3 heteroatoms. The summed E-state index contributed by atoms with van der Waals surface area (Å²) in [5.41, 5.74) is 1.92. The summed E-state index contributed by atoms with van der Waals surface area (Å²) in [6.45, 7) is 9.50. The monoisotopic (exact) mass is 292 g/mol. The average molecular weight is 292 g/mol. The maximum atomic E-state index is 14.4. The van der Waals surface area contributed by atoms with Gasteiger partial charge in [0.15, 0.2) is 0 Å². The molecule has 0 spiro atoms. The predicted molar refractivity (Wildman–Crippen MR) is 88.3 cm³/mol. The van der Waals surface area contributed by atoms with Gasteiger partial charge in [0, 0.05) is 30.4 Å². The highest BCUT2D eigenvalue weighted by Crippen LogP contribution is 2.32. The van der Waals surface area contributed by atoms with E-state index in [0.29, 0.717) is 0 Å². The van der Waals surface area contributed by atoms with Gasteiger partial charge < -0.3 is 10.2 Å². The van der Waals surface area contributed by atoms with Crippen molar-refractivity contribution in [1.29, 1.82) is 0 Å². The smallest absolute Gasteiger partial charge is 0.130 e. The Morgan fingerprint density at radius 1 is 1.29 bits per heavy atom. The minimum Gasteiger partial charge on any atom is -0.371 e. The minimum atomic E-state index is -0.0822. The molecule has 0 aliphatic carbocycles. The Morgan fingerprint density at radius 2 is 2.00 bits per heavy atom. The van der Waals surface area contributed by atoms with Crippen LogP contribution in [0.2, 0.25) is 0 Å². The first-order chi connectivity index (χ1) is 10.2. The molecule has 0 radical (unpaired) electrons. The maximum absolute atomic E-state index is 14.4. The van der Waals surface area contributed by atoms with Gasteiger partial charge in [0.25, 0.3) is 0 Å². The molecule has 2 nitrogen and oxygen atoms in total. The van der Waals surface area contributed by atoms with Gasteiger partial charge in [0.1, 0.15) is 5.82 Å². The summed E-state index contributed by atoms with van der Waals surface area (Å²) in [6, 6.07) is 5.56. The molecule has 1 N–H and O–H groups in total. The first-order valence-electron chi connectivity index (χ1n) is 8.44. The maximum Gasteiger partial charge on any atom is 0.130 e. The van der Waals surface area contributed by atoms with Crippen LogP contribution in [-0.2, 0) is 0 Å². The van der Waals surface area contributed by atoms with Crippen LogP contribution < -0.4 is 10.2 Å². The Morgan fingerprint density at radius 3 is 2.62 bits per heavy atom. The van der Waals surface area contributed by atoms with Crippen LogP contribution >= 0.6 is 0 Å². The topological polar surface area (TPSA) is 15.3 Å². The van der Waals surface area contributed by atoms with Gasteiger partial charge in [-0.1, -0.05) is 26.3 Å². The van der Waals surface area contributed by atoms with Crippen LogP contribution in [0.3, 0.4) is 0 Å². The summed E-state index contributed by atoms with van der Waals surface area (Å²) < 4.78 is 14.4. The first-order valence-corrected chi connectivity index (χ1v) is 8.44. The number of hydrogen-bond donors (Lipinski definition) is 1. The average Bonchev–Trinajstić information content (AvgIpc) is 2.52. The van der Waals surface area contributed by atoms with E-state index in [1.165, 1.54) is 19.3 Å². The number of halogens is 1. The Bertz CT molecular complexity index is 439. The van der Waals surface area contributed by atoms with E-state index in [0.717, 1.165) is 43.2 Å². The van der Waals surface area contributed by atoms with Crippen LogP contribution in [0.4, 0.5) is 10.1 Å². The number of rotatable bonds is 6. The van der Waals surface area contributed by atoms with E-state index in [4.69, 9.17) is 0 Å². The Kier molecular flexibility index (Phi) is 6.04. The molecule has 0 amide bonds. The summed E-state index contributed by atoms with van der Waals surface area (Å²) >= 11 is 0. The SMILES string of the molecule is CCCNC(C)c1c(F)cccc1N1CCC(CC)CC1. The van der Waals surface area contributed by atoms with Gasteiger partial charge in [-0.25, -0.2) is 4.39 Å². The normalized spacial score (nSPS) is 18.0. The highest BCUT2D eigenvalue weighted by atomic mass is 19.1. The number of hydrogen-bond acceptors (Lipinski definition) is 2. The fourth-order valence-electron chi connectivity index (χ4n) is 3.28. The van der Waals surface area contributed by atoms with Gasteiger partial charge in [-0.15, -0.1) is 0 Å². The van der Waals surface area contributed by atoms with Crippen LogP contribution in [0.15, 0.2) is 18.2 Å². The second-order valence-electron chi connectivity index (χ2n) is 6.19. The summed E-state index contributed by atoms with van der Waals surface area (Å²) in [5, 5.41) is 3.42. The Balaban J connectivity index is 2.17. The van der Waals surface area contributed by atoms with E-state index in [9.17, 15) is 4.39 Å². The number of nitrogens with one attached hydrogen (secondary N) is 1. The molecule has 1 unspecified atom stereocenters. The Labute approximate surface area is 128 Å². The summed E-state index contributed by atoms with van der Waals surface area (Å²) in [4.78, 5) is 2.37. The van der Waals surface area contributed by atoms with Crippen LogP contribution in [-0.4, -0.2) is 19.6 Å². The van der Waals surface area contributed by atoms with Gasteiger partial charge in [-0.05, 0) is 50.8 Å². The van der Waals surface area contributed by atoms with Gasteiger partial charge in [-0.2, -0.15) is 0 Å².